The smallest absolute Gasteiger partial charge is 0.0794 e. The zero-order chi connectivity index (χ0) is 26.5. The van der Waals surface area contributed by atoms with E-state index in [4.69, 9.17) is 4.98 Å². The van der Waals surface area contributed by atoms with Crippen molar-refractivity contribution in [3.8, 4) is 33.4 Å². The van der Waals surface area contributed by atoms with Crippen LogP contribution in [0.4, 0.5) is 0 Å². The molecule has 0 spiro atoms. The first-order valence-corrected chi connectivity index (χ1v) is 13.7. The molecular weight excluding hydrogens is 482 g/mol. The molecule has 7 aromatic carbocycles. The van der Waals surface area contributed by atoms with Gasteiger partial charge in [-0.2, -0.15) is 0 Å². The summed E-state index contributed by atoms with van der Waals surface area (Å²) in [6.45, 7) is 0. The maximum Gasteiger partial charge on any atom is 0.0794 e. The normalized spacial score (nSPS) is 11.5. The van der Waals surface area contributed by atoms with Crippen LogP contribution in [0.2, 0.25) is 0 Å². The standard InChI is InChI=1S/C39H25N/c1-2-8-26(9-3-1)27-14-16-28(17-15-27)29-18-20-32(21-19-29)37-35-24-22-30-10-4-6-12-33(30)38(35)40-39-34-13-7-5-11-31(34)23-25-36(37)39/h1-25H. The summed E-state index contributed by atoms with van der Waals surface area (Å²) in [5.74, 6) is 0. The minimum Gasteiger partial charge on any atom is -0.246 e. The van der Waals surface area contributed by atoms with Crippen molar-refractivity contribution in [2.24, 2.45) is 0 Å². The number of benzene rings is 7. The van der Waals surface area contributed by atoms with Crippen LogP contribution in [0.3, 0.4) is 0 Å². The molecule has 1 nitrogen and oxygen atoms in total. The summed E-state index contributed by atoms with van der Waals surface area (Å²) in [6, 6.07) is 54.4. The molecule has 0 N–H and O–H groups in total. The highest BCUT2D eigenvalue weighted by Crippen LogP contribution is 2.40. The minimum absolute atomic E-state index is 1.05. The molecule has 1 heteroatoms. The monoisotopic (exact) mass is 507 g/mol. The number of hydrogen-bond donors (Lipinski definition) is 0. The fraction of sp³-hybridized carbons (Fsp3) is 0. The number of hydrogen-bond acceptors (Lipinski definition) is 1. The fourth-order valence-corrected chi connectivity index (χ4v) is 6.04. The summed E-state index contributed by atoms with van der Waals surface area (Å²) in [5.41, 5.74) is 9.44. The van der Waals surface area contributed by atoms with E-state index in [9.17, 15) is 0 Å². The van der Waals surface area contributed by atoms with Crippen LogP contribution in [0, 0.1) is 0 Å². The molecule has 0 atom stereocenters. The molecule has 0 aliphatic rings. The molecule has 40 heavy (non-hydrogen) atoms. The Labute approximate surface area is 233 Å². The first-order chi connectivity index (χ1) is 19.8. The Morgan fingerprint density at radius 3 is 1.18 bits per heavy atom. The van der Waals surface area contributed by atoms with Crippen molar-refractivity contribution in [1.82, 2.24) is 4.98 Å². The van der Waals surface area contributed by atoms with Crippen molar-refractivity contribution < 1.29 is 0 Å². The first-order valence-electron chi connectivity index (χ1n) is 13.7. The Kier molecular flexibility index (Phi) is 5.21. The quantitative estimate of drug-likeness (QED) is 0.171. The Morgan fingerprint density at radius 2 is 0.675 bits per heavy atom. The first kappa shape index (κ1) is 22.7. The topological polar surface area (TPSA) is 12.9 Å². The zero-order valence-electron chi connectivity index (χ0n) is 21.9. The van der Waals surface area contributed by atoms with Gasteiger partial charge in [-0.1, -0.05) is 152 Å². The third-order valence-electron chi connectivity index (χ3n) is 8.06. The van der Waals surface area contributed by atoms with Crippen LogP contribution in [-0.4, -0.2) is 4.98 Å². The van der Waals surface area contributed by atoms with Crippen molar-refractivity contribution in [3.63, 3.8) is 0 Å². The molecule has 0 fully saturated rings. The average molecular weight is 508 g/mol. The lowest BCUT2D eigenvalue weighted by molar-refractivity contribution is 1.53. The van der Waals surface area contributed by atoms with Crippen LogP contribution >= 0.6 is 0 Å². The van der Waals surface area contributed by atoms with Gasteiger partial charge in [0.05, 0.1) is 11.0 Å². The van der Waals surface area contributed by atoms with E-state index in [0.29, 0.717) is 0 Å². The highest BCUT2D eigenvalue weighted by Gasteiger charge is 2.15. The van der Waals surface area contributed by atoms with Gasteiger partial charge in [-0.15, -0.1) is 0 Å². The van der Waals surface area contributed by atoms with E-state index in [1.807, 2.05) is 0 Å². The van der Waals surface area contributed by atoms with Gasteiger partial charge >= 0.3 is 0 Å². The molecule has 0 amide bonds. The molecule has 8 aromatic rings. The van der Waals surface area contributed by atoms with Gasteiger partial charge in [0, 0.05) is 27.1 Å². The van der Waals surface area contributed by atoms with Gasteiger partial charge in [0.2, 0.25) is 0 Å². The molecule has 0 bridgehead atoms. The lowest BCUT2D eigenvalue weighted by Crippen LogP contribution is -1.92. The predicted molar refractivity (Wildman–Crippen MR) is 171 cm³/mol. The minimum atomic E-state index is 1.05. The van der Waals surface area contributed by atoms with E-state index in [2.05, 4.69) is 152 Å². The third kappa shape index (κ3) is 3.67. The van der Waals surface area contributed by atoms with Crippen LogP contribution in [0.5, 0.6) is 0 Å². The molecule has 0 radical (unpaired) electrons. The fourth-order valence-electron chi connectivity index (χ4n) is 6.04. The second-order valence-electron chi connectivity index (χ2n) is 10.4. The summed E-state index contributed by atoms with van der Waals surface area (Å²) < 4.78 is 0. The lowest BCUT2D eigenvalue weighted by atomic mass is 9.91. The van der Waals surface area contributed by atoms with E-state index in [-0.39, 0.29) is 0 Å². The summed E-state index contributed by atoms with van der Waals surface area (Å²) in [6.07, 6.45) is 0. The SMILES string of the molecule is c1ccc(-c2ccc(-c3ccc(-c4c5ccc6ccccc6c5nc5c4ccc4ccccc45)cc3)cc2)cc1. The number of fused-ring (bicyclic) bond motifs is 6. The maximum absolute atomic E-state index is 5.32. The Bertz CT molecular complexity index is 2080. The molecule has 0 aliphatic heterocycles. The molecule has 1 aromatic heterocycles. The summed E-state index contributed by atoms with van der Waals surface area (Å²) in [7, 11) is 0. The second-order valence-corrected chi connectivity index (χ2v) is 10.4. The molecule has 0 unspecified atom stereocenters. The number of pyridine rings is 1. The van der Waals surface area contributed by atoms with Gasteiger partial charge in [-0.05, 0) is 38.6 Å². The molecule has 1 heterocycles. The van der Waals surface area contributed by atoms with Crippen LogP contribution in [-0.2, 0) is 0 Å². The second kappa shape index (κ2) is 9.18. The highest BCUT2D eigenvalue weighted by atomic mass is 14.7. The zero-order valence-corrected chi connectivity index (χ0v) is 21.9. The van der Waals surface area contributed by atoms with Gasteiger partial charge in [-0.3, -0.25) is 0 Å². The van der Waals surface area contributed by atoms with E-state index in [1.165, 1.54) is 65.7 Å². The van der Waals surface area contributed by atoms with E-state index >= 15 is 0 Å². The van der Waals surface area contributed by atoms with E-state index in [1.54, 1.807) is 0 Å². The van der Waals surface area contributed by atoms with E-state index < -0.39 is 0 Å². The number of nitrogens with zero attached hydrogens (tertiary/aromatic N) is 1. The Balaban J connectivity index is 1.31. The molecule has 0 saturated carbocycles. The summed E-state index contributed by atoms with van der Waals surface area (Å²) in [4.78, 5) is 5.32. The number of rotatable bonds is 3. The van der Waals surface area contributed by atoms with Gasteiger partial charge < -0.3 is 0 Å². The van der Waals surface area contributed by atoms with Crippen molar-refractivity contribution >= 4 is 43.4 Å². The highest BCUT2D eigenvalue weighted by molar-refractivity contribution is 6.21. The molecular formula is C39H25N. The van der Waals surface area contributed by atoms with Crippen molar-refractivity contribution in [2.45, 2.75) is 0 Å². The van der Waals surface area contributed by atoms with Gasteiger partial charge in [0.25, 0.3) is 0 Å². The number of aromatic nitrogens is 1. The predicted octanol–water partition coefficient (Wildman–Crippen LogP) is 10.7. The maximum atomic E-state index is 5.32. The van der Waals surface area contributed by atoms with Crippen LogP contribution in [0.1, 0.15) is 0 Å². The van der Waals surface area contributed by atoms with Crippen LogP contribution < -0.4 is 0 Å². The largest absolute Gasteiger partial charge is 0.246 e. The van der Waals surface area contributed by atoms with Gasteiger partial charge in [-0.25, -0.2) is 4.98 Å². The molecule has 0 saturated heterocycles. The van der Waals surface area contributed by atoms with Crippen molar-refractivity contribution in [3.05, 3.63) is 152 Å². The van der Waals surface area contributed by atoms with Gasteiger partial charge in [0.1, 0.15) is 0 Å². The Morgan fingerprint density at radius 1 is 0.275 bits per heavy atom. The van der Waals surface area contributed by atoms with Gasteiger partial charge in [0.15, 0.2) is 0 Å². The summed E-state index contributed by atoms with van der Waals surface area (Å²) >= 11 is 0. The van der Waals surface area contributed by atoms with Crippen LogP contribution in [0.15, 0.2) is 152 Å². The molecule has 8 rings (SSSR count). The summed E-state index contributed by atoms with van der Waals surface area (Å²) in [5, 5.41) is 7.16. The van der Waals surface area contributed by atoms with Crippen molar-refractivity contribution in [2.75, 3.05) is 0 Å². The lowest BCUT2D eigenvalue weighted by Gasteiger charge is -2.15. The Hall–Kier alpha value is -5.27. The third-order valence-corrected chi connectivity index (χ3v) is 8.06. The van der Waals surface area contributed by atoms with Crippen molar-refractivity contribution in [1.29, 1.82) is 0 Å². The average Bonchev–Trinajstić information content (AvgIpc) is 3.04. The van der Waals surface area contributed by atoms with E-state index in [0.717, 1.165) is 11.0 Å². The van der Waals surface area contributed by atoms with Crippen LogP contribution in [0.25, 0.3) is 76.7 Å². The molecule has 186 valence electrons. The molecule has 0 aliphatic carbocycles.